The lowest BCUT2D eigenvalue weighted by atomic mass is 9.78. The molecule has 0 amide bonds. The van der Waals surface area contributed by atoms with Crippen molar-refractivity contribution in [3.8, 4) is 5.75 Å². The van der Waals surface area contributed by atoms with Gasteiger partial charge in [-0.1, -0.05) is 12.1 Å². The SMILES string of the molecule is COc1ccc(CN(C)CC2CCN(C)C2)cc1B(O)O. The molecule has 6 heteroatoms. The molecule has 1 atom stereocenters. The van der Waals surface area contributed by atoms with Gasteiger partial charge in [-0.15, -0.1) is 0 Å². The molecule has 5 nitrogen and oxygen atoms in total. The van der Waals surface area contributed by atoms with E-state index in [-0.39, 0.29) is 0 Å². The van der Waals surface area contributed by atoms with Crippen LogP contribution in [0.15, 0.2) is 18.2 Å². The standard InChI is InChI=1S/C15H25BN2O3/c1-17-7-6-13(10-17)11-18(2)9-12-4-5-15(21-3)14(8-12)16(19)20/h4-5,8,13,19-20H,6-7,9-11H2,1-3H3. The number of likely N-dealkylation sites (tertiary alicyclic amines) is 1. The van der Waals surface area contributed by atoms with Gasteiger partial charge in [0, 0.05) is 25.1 Å². The largest absolute Gasteiger partial charge is 0.497 e. The van der Waals surface area contributed by atoms with Crippen LogP contribution in [0, 0.1) is 5.92 Å². The van der Waals surface area contributed by atoms with E-state index in [4.69, 9.17) is 4.74 Å². The summed E-state index contributed by atoms with van der Waals surface area (Å²) >= 11 is 0. The summed E-state index contributed by atoms with van der Waals surface area (Å²) in [5.74, 6) is 1.23. The predicted molar refractivity (Wildman–Crippen MR) is 84.8 cm³/mol. The van der Waals surface area contributed by atoms with Crippen molar-refractivity contribution in [1.82, 2.24) is 9.80 Å². The molecular weight excluding hydrogens is 267 g/mol. The van der Waals surface area contributed by atoms with E-state index in [2.05, 4.69) is 23.9 Å². The molecule has 1 aliphatic rings. The van der Waals surface area contributed by atoms with Gasteiger partial charge < -0.3 is 24.6 Å². The summed E-state index contributed by atoms with van der Waals surface area (Å²) in [5, 5.41) is 18.8. The maximum absolute atomic E-state index is 9.41. The quantitative estimate of drug-likeness (QED) is 0.709. The van der Waals surface area contributed by atoms with Crippen molar-refractivity contribution in [3.63, 3.8) is 0 Å². The molecule has 1 unspecified atom stereocenters. The highest BCUT2D eigenvalue weighted by atomic mass is 16.5. The Balaban J connectivity index is 1.97. The van der Waals surface area contributed by atoms with Gasteiger partial charge in [0.1, 0.15) is 5.75 Å². The molecule has 1 heterocycles. The van der Waals surface area contributed by atoms with Crippen LogP contribution in [-0.4, -0.2) is 67.8 Å². The van der Waals surface area contributed by atoms with Crippen molar-refractivity contribution in [2.24, 2.45) is 5.92 Å². The molecule has 0 bridgehead atoms. The van der Waals surface area contributed by atoms with E-state index in [9.17, 15) is 10.0 Å². The summed E-state index contributed by atoms with van der Waals surface area (Å²) < 4.78 is 5.15. The predicted octanol–water partition coefficient (Wildman–Crippen LogP) is -0.241. The van der Waals surface area contributed by atoms with Crippen LogP contribution in [0.2, 0.25) is 0 Å². The molecule has 1 aromatic carbocycles. The fourth-order valence-electron chi connectivity index (χ4n) is 3.08. The number of hydrogen-bond acceptors (Lipinski definition) is 5. The lowest BCUT2D eigenvalue weighted by Gasteiger charge is -2.21. The highest BCUT2D eigenvalue weighted by Crippen LogP contribution is 2.17. The second-order valence-electron chi connectivity index (χ2n) is 6.06. The van der Waals surface area contributed by atoms with Gasteiger partial charge in [-0.25, -0.2) is 0 Å². The third-order valence-corrected chi connectivity index (χ3v) is 4.08. The summed E-state index contributed by atoms with van der Waals surface area (Å²) in [7, 11) is 4.30. The van der Waals surface area contributed by atoms with Crippen molar-refractivity contribution in [1.29, 1.82) is 0 Å². The highest BCUT2D eigenvalue weighted by Gasteiger charge is 2.21. The Labute approximate surface area is 127 Å². The van der Waals surface area contributed by atoms with Crippen molar-refractivity contribution >= 4 is 12.6 Å². The van der Waals surface area contributed by atoms with Gasteiger partial charge in [-0.3, -0.25) is 0 Å². The fraction of sp³-hybridized carbons (Fsp3) is 0.600. The fourth-order valence-corrected chi connectivity index (χ4v) is 3.08. The third-order valence-electron chi connectivity index (χ3n) is 4.08. The average Bonchev–Trinajstić information content (AvgIpc) is 2.83. The summed E-state index contributed by atoms with van der Waals surface area (Å²) in [6.07, 6.45) is 1.25. The normalized spacial score (nSPS) is 19.2. The number of ether oxygens (including phenoxy) is 1. The Hall–Kier alpha value is -1.08. The van der Waals surface area contributed by atoms with Crippen molar-refractivity contribution in [2.75, 3.05) is 40.8 Å². The monoisotopic (exact) mass is 292 g/mol. The van der Waals surface area contributed by atoms with Crippen LogP contribution in [0.25, 0.3) is 0 Å². The van der Waals surface area contributed by atoms with Gasteiger partial charge in [0.15, 0.2) is 0 Å². The lowest BCUT2D eigenvalue weighted by Crippen LogP contribution is -2.32. The van der Waals surface area contributed by atoms with Crippen LogP contribution in [0.4, 0.5) is 0 Å². The molecular formula is C15H25BN2O3. The van der Waals surface area contributed by atoms with Crippen LogP contribution in [-0.2, 0) is 6.54 Å². The summed E-state index contributed by atoms with van der Waals surface area (Å²) in [6, 6.07) is 5.57. The first-order valence-electron chi connectivity index (χ1n) is 7.39. The van der Waals surface area contributed by atoms with Gasteiger partial charge in [-0.2, -0.15) is 0 Å². The average molecular weight is 292 g/mol. The molecule has 2 N–H and O–H groups in total. The maximum Gasteiger partial charge on any atom is 0.492 e. The molecule has 0 saturated carbocycles. The van der Waals surface area contributed by atoms with E-state index < -0.39 is 7.12 Å². The molecule has 0 aromatic heterocycles. The van der Waals surface area contributed by atoms with Gasteiger partial charge in [-0.05, 0) is 44.6 Å². The van der Waals surface area contributed by atoms with E-state index in [1.807, 2.05) is 6.07 Å². The van der Waals surface area contributed by atoms with Crippen molar-refractivity contribution < 1.29 is 14.8 Å². The van der Waals surface area contributed by atoms with Crippen molar-refractivity contribution in [3.05, 3.63) is 23.8 Å². The zero-order valence-corrected chi connectivity index (χ0v) is 13.1. The number of rotatable bonds is 6. The Morgan fingerprint density at radius 2 is 2.19 bits per heavy atom. The van der Waals surface area contributed by atoms with Gasteiger partial charge in [0.05, 0.1) is 7.11 Å². The molecule has 1 fully saturated rings. The first-order chi connectivity index (χ1) is 9.99. The highest BCUT2D eigenvalue weighted by molar-refractivity contribution is 6.59. The van der Waals surface area contributed by atoms with E-state index in [0.29, 0.717) is 11.2 Å². The van der Waals surface area contributed by atoms with E-state index in [1.165, 1.54) is 20.1 Å². The molecule has 0 radical (unpaired) electrons. The van der Waals surface area contributed by atoms with Crippen LogP contribution in [0.3, 0.4) is 0 Å². The Morgan fingerprint density at radius 3 is 2.76 bits per heavy atom. The second-order valence-corrected chi connectivity index (χ2v) is 6.06. The van der Waals surface area contributed by atoms with E-state index in [0.717, 1.165) is 31.1 Å². The van der Waals surface area contributed by atoms with Gasteiger partial charge in [0.25, 0.3) is 0 Å². The molecule has 2 rings (SSSR count). The minimum absolute atomic E-state index is 0.420. The number of methoxy groups -OCH3 is 1. The first kappa shape index (κ1) is 16.3. The molecule has 1 aliphatic heterocycles. The van der Waals surface area contributed by atoms with Crippen LogP contribution in [0.5, 0.6) is 5.75 Å². The Bertz CT molecular complexity index is 470. The molecule has 1 aromatic rings. The molecule has 1 saturated heterocycles. The third kappa shape index (κ3) is 4.44. The van der Waals surface area contributed by atoms with Crippen LogP contribution >= 0.6 is 0 Å². The van der Waals surface area contributed by atoms with Crippen LogP contribution in [0.1, 0.15) is 12.0 Å². The minimum atomic E-state index is -1.51. The summed E-state index contributed by atoms with van der Waals surface area (Å²) in [6.45, 7) is 4.20. The zero-order valence-electron chi connectivity index (χ0n) is 13.1. The maximum atomic E-state index is 9.41. The molecule has 21 heavy (non-hydrogen) atoms. The number of hydrogen-bond donors (Lipinski definition) is 2. The molecule has 116 valence electrons. The van der Waals surface area contributed by atoms with Crippen LogP contribution < -0.4 is 10.2 Å². The Kier molecular flexibility index (Phi) is 5.64. The molecule has 0 aliphatic carbocycles. The molecule has 0 spiro atoms. The Morgan fingerprint density at radius 1 is 1.43 bits per heavy atom. The summed E-state index contributed by atoms with van der Waals surface area (Å²) in [4.78, 5) is 4.66. The van der Waals surface area contributed by atoms with Gasteiger partial charge in [0.2, 0.25) is 0 Å². The van der Waals surface area contributed by atoms with E-state index in [1.54, 1.807) is 12.1 Å². The summed E-state index contributed by atoms with van der Waals surface area (Å²) in [5.41, 5.74) is 1.48. The van der Waals surface area contributed by atoms with E-state index >= 15 is 0 Å². The lowest BCUT2D eigenvalue weighted by molar-refractivity contribution is 0.267. The topological polar surface area (TPSA) is 56.2 Å². The second kappa shape index (κ2) is 7.27. The number of benzene rings is 1. The van der Waals surface area contributed by atoms with Crippen molar-refractivity contribution in [2.45, 2.75) is 13.0 Å². The smallest absolute Gasteiger partial charge is 0.492 e. The first-order valence-corrected chi connectivity index (χ1v) is 7.39. The zero-order chi connectivity index (χ0) is 15.4. The van der Waals surface area contributed by atoms with Gasteiger partial charge >= 0.3 is 7.12 Å². The minimum Gasteiger partial charge on any atom is -0.497 e. The number of nitrogens with zero attached hydrogens (tertiary/aromatic N) is 2.